The van der Waals surface area contributed by atoms with Crippen molar-refractivity contribution < 1.29 is 4.79 Å². The molecule has 126 valence electrons. The first-order valence-electron chi connectivity index (χ1n) is 8.12. The molecule has 0 bridgehead atoms. The van der Waals surface area contributed by atoms with E-state index < -0.39 is 0 Å². The summed E-state index contributed by atoms with van der Waals surface area (Å²) in [4.78, 5) is 22.6. The highest BCUT2D eigenvalue weighted by atomic mass is 16.2. The van der Waals surface area contributed by atoms with E-state index in [1.54, 1.807) is 0 Å². The number of benzene rings is 2. The standard InChI is InChI=1S/C19H19N5O/c1-23(2)12-14-17(13-8-4-3-5-9-13)22-24(18(14)25)19-20-15-10-6-7-11-16(15)21-19/h3-12,17,22H,1-2H3,(H,20,21). The van der Waals surface area contributed by atoms with E-state index in [9.17, 15) is 4.79 Å². The molecule has 0 saturated carbocycles. The van der Waals surface area contributed by atoms with Crippen molar-refractivity contribution in [3.05, 3.63) is 71.9 Å². The maximum atomic E-state index is 13.0. The maximum absolute atomic E-state index is 13.0. The predicted octanol–water partition coefficient (Wildman–Crippen LogP) is 2.60. The molecule has 6 nitrogen and oxygen atoms in total. The van der Waals surface area contributed by atoms with E-state index >= 15 is 0 Å². The van der Waals surface area contributed by atoms with Gasteiger partial charge >= 0.3 is 0 Å². The summed E-state index contributed by atoms with van der Waals surface area (Å²) in [7, 11) is 3.82. The molecule has 1 unspecified atom stereocenters. The molecule has 1 aromatic heterocycles. The van der Waals surface area contributed by atoms with Crippen LogP contribution in [0.5, 0.6) is 0 Å². The number of nitrogens with zero attached hydrogens (tertiary/aromatic N) is 3. The molecule has 0 spiro atoms. The lowest BCUT2D eigenvalue weighted by molar-refractivity contribution is -0.114. The number of hydrogen-bond acceptors (Lipinski definition) is 4. The Morgan fingerprint density at radius 2 is 1.80 bits per heavy atom. The third-order valence-corrected chi connectivity index (χ3v) is 4.14. The molecule has 6 heteroatoms. The van der Waals surface area contributed by atoms with Crippen LogP contribution in [0, 0.1) is 0 Å². The summed E-state index contributed by atoms with van der Waals surface area (Å²) in [6.07, 6.45) is 1.86. The van der Waals surface area contributed by atoms with Gasteiger partial charge in [-0.15, -0.1) is 0 Å². The van der Waals surface area contributed by atoms with Crippen molar-refractivity contribution in [2.45, 2.75) is 6.04 Å². The zero-order chi connectivity index (χ0) is 17.4. The van der Waals surface area contributed by atoms with Gasteiger partial charge in [-0.25, -0.2) is 15.4 Å². The molecule has 2 N–H and O–H groups in total. The van der Waals surface area contributed by atoms with Gasteiger partial charge in [-0.05, 0) is 17.7 Å². The van der Waals surface area contributed by atoms with Gasteiger partial charge < -0.3 is 9.88 Å². The van der Waals surface area contributed by atoms with Crippen LogP contribution in [-0.4, -0.2) is 34.9 Å². The highest BCUT2D eigenvalue weighted by Gasteiger charge is 2.38. The van der Waals surface area contributed by atoms with Crippen LogP contribution >= 0.6 is 0 Å². The SMILES string of the molecule is CN(C)C=C1C(=O)N(c2nc3ccccc3[nH]2)NC1c1ccccc1. The molecule has 1 aliphatic rings. The first-order valence-corrected chi connectivity index (χ1v) is 8.12. The van der Waals surface area contributed by atoms with Gasteiger partial charge in [0, 0.05) is 20.3 Å². The number of nitrogens with one attached hydrogen (secondary N) is 2. The minimum Gasteiger partial charge on any atom is -0.383 e. The molecule has 1 atom stereocenters. The van der Waals surface area contributed by atoms with E-state index in [-0.39, 0.29) is 11.9 Å². The minimum absolute atomic E-state index is 0.110. The fourth-order valence-corrected chi connectivity index (χ4v) is 3.02. The lowest BCUT2D eigenvalue weighted by Gasteiger charge is -2.15. The average molecular weight is 333 g/mol. The van der Waals surface area contributed by atoms with Gasteiger partial charge in [0.25, 0.3) is 5.91 Å². The molecule has 25 heavy (non-hydrogen) atoms. The van der Waals surface area contributed by atoms with Crippen LogP contribution in [-0.2, 0) is 4.79 Å². The molecule has 3 aromatic rings. The molecule has 1 fully saturated rings. The first kappa shape index (κ1) is 15.4. The van der Waals surface area contributed by atoms with Crippen LogP contribution in [0.15, 0.2) is 66.4 Å². The van der Waals surface area contributed by atoms with Crippen molar-refractivity contribution in [1.82, 2.24) is 20.3 Å². The van der Waals surface area contributed by atoms with Crippen LogP contribution in [0.4, 0.5) is 5.95 Å². The number of fused-ring (bicyclic) bond motifs is 1. The topological polar surface area (TPSA) is 64.3 Å². The number of anilines is 1. The fourth-order valence-electron chi connectivity index (χ4n) is 3.02. The highest BCUT2D eigenvalue weighted by molar-refractivity contribution is 6.08. The zero-order valence-corrected chi connectivity index (χ0v) is 14.1. The Labute approximate surface area is 145 Å². The number of amides is 1. The van der Waals surface area contributed by atoms with Crippen molar-refractivity contribution in [2.24, 2.45) is 0 Å². The van der Waals surface area contributed by atoms with Crippen molar-refractivity contribution in [1.29, 1.82) is 0 Å². The molecule has 2 aromatic carbocycles. The van der Waals surface area contributed by atoms with Crippen molar-refractivity contribution >= 4 is 22.9 Å². The van der Waals surface area contributed by atoms with Gasteiger partial charge in [-0.3, -0.25) is 4.79 Å². The molecular formula is C19H19N5O. The second kappa shape index (κ2) is 6.07. The number of hydrogen-bond donors (Lipinski definition) is 2. The Kier molecular flexibility index (Phi) is 3.74. The molecule has 2 heterocycles. The van der Waals surface area contributed by atoms with E-state index in [1.807, 2.05) is 79.8 Å². The molecular weight excluding hydrogens is 314 g/mol. The average Bonchev–Trinajstić information content (AvgIpc) is 3.17. The number of carbonyl (C=O) groups is 1. The van der Waals surface area contributed by atoms with E-state index in [0.29, 0.717) is 11.5 Å². The number of carbonyl (C=O) groups excluding carboxylic acids is 1. The van der Waals surface area contributed by atoms with E-state index in [4.69, 9.17) is 0 Å². The quantitative estimate of drug-likeness (QED) is 0.723. The lowest BCUT2D eigenvalue weighted by Crippen LogP contribution is -2.36. The third kappa shape index (κ3) is 2.77. The zero-order valence-electron chi connectivity index (χ0n) is 14.1. The van der Waals surface area contributed by atoms with E-state index in [1.165, 1.54) is 5.01 Å². The molecule has 0 radical (unpaired) electrons. The van der Waals surface area contributed by atoms with E-state index in [0.717, 1.165) is 16.6 Å². The molecule has 1 amide bonds. The molecule has 4 rings (SSSR count). The Morgan fingerprint density at radius 1 is 1.08 bits per heavy atom. The number of para-hydroxylation sites is 2. The summed E-state index contributed by atoms with van der Waals surface area (Å²) in [5.41, 5.74) is 6.72. The molecule has 1 saturated heterocycles. The lowest BCUT2D eigenvalue weighted by atomic mass is 10.0. The van der Waals surface area contributed by atoms with Gasteiger partial charge in [0.15, 0.2) is 0 Å². The number of aromatic amines is 1. The van der Waals surface area contributed by atoms with Crippen LogP contribution in [0.25, 0.3) is 11.0 Å². The number of H-pyrrole nitrogens is 1. The van der Waals surface area contributed by atoms with Crippen molar-refractivity contribution in [3.63, 3.8) is 0 Å². The smallest absolute Gasteiger partial charge is 0.274 e. The summed E-state index contributed by atoms with van der Waals surface area (Å²) in [5, 5.41) is 1.49. The molecule has 0 aliphatic carbocycles. The van der Waals surface area contributed by atoms with Gasteiger partial charge in [0.2, 0.25) is 5.95 Å². The fraction of sp³-hybridized carbons (Fsp3) is 0.158. The number of aromatic nitrogens is 2. The second-order valence-electron chi connectivity index (χ2n) is 6.24. The summed E-state index contributed by atoms with van der Waals surface area (Å²) >= 11 is 0. The normalized spacial score (nSPS) is 19.1. The van der Waals surface area contributed by atoms with E-state index in [2.05, 4.69) is 15.4 Å². The third-order valence-electron chi connectivity index (χ3n) is 4.14. The first-order chi connectivity index (χ1) is 12.1. The minimum atomic E-state index is -0.218. The van der Waals surface area contributed by atoms with Crippen molar-refractivity contribution in [2.75, 3.05) is 19.1 Å². The van der Waals surface area contributed by atoms with Gasteiger partial charge in [-0.1, -0.05) is 42.5 Å². The summed E-state index contributed by atoms with van der Waals surface area (Å²) in [6.45, 7) is 0. The van der Waals surface area contributed by atoms with Crippen LogP contribution in [0.1, 0.15) is 11.6 Å². The van der Waals surface area contributed by atoms with Gasteiger partial charge in [-0.2, -0.15) is 0 Å². The Morgan fingerprint density at radius 3 is 2.52 bits per heavy atom. The summed E-state index contributed by atoms with van der Waals surface area (Å²) < 4.78 is 0. The Bertz CT molecular complexity index is 912. The second-order valence-corrected chi connectivity index (χ2v) is 6.24. The number of hydrazine groups is 1. The summed E-state index contributed by atoms with van der Waals surface area (Å²) in [6, 6.07) is 17.4. The van der Waals surface area contributed by atoms with Crippen molar-refractivity contribution in [3.8, 4) is 0 Å². The van der Waals surface area contributed by atoms with Crippen LogP contribution in [0.2, 0.25) is 0 Å². The van der Waals surface area contributed by atoms with Crippen LogP contribution < -0.4 is 10.4 Å². The number of imidazole rings is 1. The van der Waals surface area contributed by atoms with Gasteiger partial charge in [0.05, 0.1) is 22.6 Å². The summed E-state index contributed by atoms with van der Waals surface area (Å²) in [5.74, 6) is 0.385. The highest BCUT2D eigenvalue weighted by Crippen LogP contribution is 2.31. The maximum Gasteiger partial charge on any atom is 0.274 e. The van der Waals surface area contributed by atoms with Gasteiger partial charge in [0.1, 0.15) is 0 Å². The Balaban J connectivity index is 1.76. The Hall–Kier alpha value is -3.12. The monoisotopic (exact) mass is 333 g/mol. The number of rotatable bonds is 3. The van der Waals surface area contributed by atoms with Crippen LogP contribution in [0.3, 0.4) is 0 Å². The largest absolute Gasteiger partial charge is 0.383 e. The molecule has 1 aliphatic heterocycles. The predicted molar refractivity (Wildman–Crippen MR) is 97.7 cm³/mol.